The monoisotopic (exact) mass is 358 g/mol. The van der Waals surface area contributed by atoms with E-state index in [2.05, 4.69) is 5.32 Å². The predicted octanol–water partition coefficient (Wildman–Crippen LogP) is 4.20. The maximum atomic E-state index is 12.8. The van der Waals surface area contributed by atoms with Gasteiger partial charge >= 0.3 is 0 Å². The number of nitrogens with one attached hydrogen (secondary N) is 1. The van der Waals surface area contributed by atoms with Crippen molar-refractivity contribution in [3.63, 3.8) is 0 Å². The van der Waals surface area contributed by atoms with E-state index in [9.17, 15) is 9.59 Å². The van der Waals surface area contributed by atoms with Crippen molar-refractivity contribution in [2.24, 2.45) is 0 Å². The lowest BCUT2D eigenvalue weighted by atomic mass is 10.0. The van der Waals surface area contributed by atoms with E-state index in [1.165, 1.54) is 4.90 Å². The van der Waals surface area contributed by atoms with Gasteiger partial charge in [-0.15, -0.1) is 0 Å². The van der Waals surface area contributed by atoms with Crippen molar-refractivity contribution < 1.29 is 9.59 Å². The maximum absolute atomic E-state index is 12.8. The number of carbonyl (C=O) groups excluding carboxylic acids is 2. The van der Waals surface area contributed by atoms with Gasteiger partial charge in [0.25, 0.3) is 5.91 Å². The molecule has 2 aromatic carbocycles. The summed E-state index contributed by atoms with van der Waals surface area (Å²) >= 11 is 12.0. The number of amides is 2. The van der Waals surface area contributed by atoms with Gasteiger partial charge < -0.3 is 10.2 Å². The van der Waals surface area contributed by atoms with E-state index < -0.39 is 6.04 Å². The molecule has 0 bridgehead atoms. The summed E-state index contributed by atoms with van der Waals surface area (Å²) in [5.74, 6) is -0.386. The van der Waals surface area contributed by atoms with Crippen LogP contribution in [0.1, 0.15) is 22.3 Å². The topological polar surface area (TPSA) is 49.4 Å². The van der Waals surface area contributed by atoms with E-state index in [0.29, 0.717) is 27.7 Å². The van der Waals surface area contributed by atoms with Crippen LogP contribution in [-0.2, 0) is 4.79 Å². The summed E-state index contributed by atoms with van der Waals surface area (Å²) in [7, 11) is 0. The van der Waals surface area contributed by atoms with E-state index in [-0.39, 0.29) is 11.8 Å². The Hall–Kier alpha value is -2.30. The van der Waals surface area contributed by atoms with Gasteiger partial charge in [-0.3, -0.25) is 9.59 Å². The van der Waals surface area contributed by atoms with Crippen LogP contribution in [0, 0.1) is 0 Å². The van der Waals surface area contributed by atoms with E-state index >= 15 is 0 Å². The Balaban J connectivity index is 1.76. The Morgan fingerprint density at radius 1 is 1.04 bits per heavy atom. The zero-order valence-electron chi connectivity index (χ0n) is 12.4. The molecule has 120 valence electrons. The molecule has 2 heterocycles. The molecule has 6 heteroatoms. The molecule has 0 radical (unpaired) electrons. The second-order valence-corrected chi connectivity index (χ2v) is 6.56. The van der Waals surface area contributed by atoms with Crippen LogP contribution in [0.5, 0.6) is 0 Å². The van der Waals surface area contributed by atoms with Crippen LogP contribution < -0.4 is 5.32 Å². The van der Waals surface area contributed by atoms with Gasteiger partial charge in [-0.05, 0) is 35.4 Å². The van der Waals surface area contributed by atoms with Gasteiger partial charge in [0, 0.05) is 12.6 Å². The summed E-state index contributed by atoms with van der Waals surface area (Å²) < 4.78 is 0. The molecule has 0 fully saturated rings. The minimum Gasteiger partial charge on any atom is -0.324 e. The van der Waals surface area contributed by atoms with Crippen LogP contribution in [0.25, 0.3) is 5.57 Å². The Morgan fingerprint density at radius 2 is 1.83 bits per heavy atom. The van der Waals surface area contributed by atoms with Crippen molar-refractivity contribution >= 4 is 46.3 Å². The van der Waals surface area contributed by atoms with Crippen LogP contribution >= 0.6 is 23.2 Å². The van der Waals surface area contributed by atoms with Gasteiger partial charge in [-0.1, -0.05) is 41.4 Å². The second kappa shape index (κ2) is 5.65. The number of fused-ring (bicyclic) bond motifs is 2. The highest BCUT2D eigenvalue weighted by atomic mass is 35.5. The first-order chi connectivity index (χ1) is 11.5. The Kier molecular flexibility index (Phi) is 3.59. The zero-order chi connectivity index (χ0) is 16.8. The average molecular weight is 359 g/mol. The Labute approximate surface area is 148 Å². The molecule has 2 aliphatic heterocycles. The molecule has 1 atom stereocenters. The van der Waals surface area contributed by atoms with E-state index in [4.69, 9.17) is 23.2 Å². The van der Waals surface area contributed by atoms with Crippen molar-refractivity contribution in [3.8, 4) is 0 Å². The molecular formula is C18H12Cl2N2O2. The first kappa shape index (κ1) is 15.2. The quantitative estimate of drug-likeness (QED) is 0.830. The van der Waals surface area contributed by atoms with Crippen molar-refractivity contribution in [2.45, 2.75) is 12.5 Å². The molecular weight excluding hydrogens is 347 g/mol. The van der Waals surface area contributed by atoms with Crippen LogP contribution in [0.2, 0.25) is 10.0 Å². The fourth-order valence-corrected chi connectivity index (χ4v) is 3.36. The molecule has 0 saturated heterocycles. The molecule has 0 aromatic heterocycles. The lowest BCUT2D eigenvalue weighted by molar-refractivity contribution is -0.119. The number of anilines is 1. The van der Waals surface area contributed by atoms with Gasteiger partial charge in [0.05, 0.1) is 21.3 Å². The zero-order valence-corrected chi connectivity index (χ0v) is 13.9. The number of halogens is 2. The van der Waals surface area contributed by atoms with Crippen LogP contribution in [0.4, 0.5) is 5.69 Å². The molecule has 0 unspecified atom stereocenters. The van der Waals surface area contributed by atoms with Crippen LogP contribution in [0.3, 0.4) is 0 Å². The highest BCUT2D eigenvalue weighted by Gasteiger charge is 2.38. The molecule has 0 aliphatic carbocycles. The summed E-state index contributed by atoms with van der Waals surface area (Å²) in [5, 5.41) is 3.75. The lowest BCUT2D eigenvalue weighted by Gasteiger charge is -2.18. The number of benzene rings is 2. The summed E-state index contributed by atoms with van der Waals surface area (Å²) in [5.41, 5.74) is 2.76. The minimum absolute atomic E-state index is 0.191. The first-order valence-corrected chi connectivity index (χ1v) is 8.19. The third-order valence-electron chi connectivity index (χ3n) is 4.29. The Bertz CT molecular complexity index is 908. The number of rotatable bonds is 1. The molecule has 1 N–H and O–H groups in total. The summed E-state index contributed by atoms with van der Waals surface area (Å²) in [6.45, 7) is 0. The largest absolute Gasteiger partial charge is 0.324 e. The molecule has 0 saturated carbocycles. The third kappa shape index (κ3) is 2.39. The fourth-order valence-electron chi connectivity index (χ4n) is 3.06. The van der Waals surface area contributed by atoms with Gasteiger partial charge in [0.1, 0.15) is 6.04 Å². The van der Waals surface area contributed by atoms with Crippen LogP contribution in [-0.4, -0.2) is 22.8 Å². The third-order valence-corrected chi connectivity index (χ3v) is 5.03. The molecule has 2 aliphatic rings. The molecule has 2 aromatic rings. The SMILES string of the molecule is O=C1Nc2ccccc2C(=O)N2C=C(c3ccc(Cl)c(Cl)c3)C[C@@H]12. The molecule has 0 spiro atoms. The number of nitrogens with zero attached hydrogens (tertiary/aromatic N) is 1. The molecule has 24 heavy (non-hydrogen) atoms. The Morgan fingerprint density at radius 3 is 2.62 bits per heavy atom. The van der Waals surface area contributed by atoms with Gasteiger partial charge in [-0.25, -0.2) is 0 Å². The highest BCUT2D eigenvalue weighted by Crippen LogP contribution is 2.36. The predicted molar refractivity (Wildman–Crippen MR) is 94.1 cm³/mol. The number of carbonyl (C=O) groups is 2. The molecule has 4 nitrogen and oxygen atoms in total. The molecule has 4 rings (SSSR count). The van der Waals surface area contributed by atoms with Crippen molar-refractivity contribution in [1.29, 1.82) is 0 Å². The van der Waals surface area contributed by atoms with E-state index in [1.807, 2.05) is 6.07 Å². The fraction of sp³-hybridized carbons (Fsp3) is 0.111. The summed E-state index contributed by atoms with van der Waals surface area (Å²) in [6, 6.07) is 11.8. The minimum atomic E-state index is -0.561. The molecule has 2 amide bonds. The van der Waals surface area contributed by atoms with E-state index in [0.717, 1.165) is 11.1 Å². The van der Waals surface area contributed by atoms with E-state index in [1.54, 1.807) is 42.6 Å². The van der Waals surface area contributed by atoms with Crippen molar-refractivity contribution in [1.82, 2.24) is 4.90 Å². The lowest BCUT2D eigenvalue weighted by Crippen LogP contribution is -2.38. The number of hydrogen-bond donors (Lipinski definition) is 1. The average Bonchev–Trinajstić information content (AvgIpc) is 2.99. The van der Waals surface area contributed by atoms with Gasteiger partial charge in [0.2, 0.25) is 5.91 Å². The second-order valence-electron chi connectivity index (χ2n) is 5.75. The standard InChI is InChI=1S/C18H12Cl2N2O2/c19-13-6-5-10(7-14(13)20)11-8-16-17(23)21-15-4-2-1-3-12(15)18(24)22(16)9-11/h1-7,9,16H,8H2,(H,21,23)/t16-/m0/s1. The smallest absolute Gasteiger partial charge is 0.260 e. The first-order valence-electron chi connectivity index (χ1n) is 7.43. The number of hydrogen-bond acceptors (Lipinski definition) is 2. The maximum Gasteiger partial charge on any atom is 0.260 e. The van der Waals surface area contributed by atoms with Gasteiger partial charge in [0.15, 0.2) is 0 Å². The highest BCUT2D eigenvalue weighted by molar-refractivity contribution is 6.42. The number of para-hydroxylation sites is 1. The summed E-state index contributed by atoms with van der Waals surface area (Å²) in [6.07, 6.45) is 2.16. The van der Waals surface area contributed by atoms with Crippen LogP contribution in [0.15, 0.2) is 48.7 Å². The van der Waals surface area contributed by atoms with Crippen molar-refractivity contribution in [3.05, 3.63) is 69.8 Å². The van der Waals surface area contributed by atoms with Crippen molar-refractivity contribution in [2.75, 3.05) is 5.32 Å². The summed E-state index contributed by atoms with van der Waals surface area (Å²) in [4.78, 5) is 26.8. The van der Waals surface area contributed by atoms with Gasteiger partial charge in [-0.2, -0.15) is 0 Å². The normalized spacial score (nSPS) is 19.3.